The number of imidazole rings is 1. The minimum atomic E-state index is -0.766. The van der Waals surface area contributed by atoms with E-state index < -0.39 is 17.9 Å². The molecule has 0 fully saturated rings. The number of hydrogen-bond acceptors (Lipinski definition) is 6. The van der Waals surface area contributed by atoms with E-state index >= 15 is 0 Å². The molecule has 2 rings (SSSR count). The minimum absolute atomic E-state index is 0.183. The number of primary amides is 2. The minimum Gasteiger partial charge on any atom is -0.508 e. The van der Waals surface area contributed by atoms with E-state index in [9.17, 15) is 19.5 Å². The van der Waals surface area contributed by atoms with Gasteiger partial charge < -0.3 is 31.6 Å². The largest absolute Gasteiger partial charge is 0.508 e. The lowest BCUT2D eigenvalue weighted by Gasteiger charge is -2.16. The van der Waals surface area contributed by atoms with Crippen molar-refractivity contribution < 1.29 is 29.4 Å². The third kappa shape index (κ3) is 25.8. The highest BCUT2D eigenvalue weighted by atomic mass is 16.4. The van der Waals surface area contributed by atoms with Gasteiger partial charge in [-0.3, -0.25) is 19.2 Å². The predicted molar refractivity (Wildman–Crippen MR) is 175 cm³/mol. The van der Waals surface area contributed by atoms with Gasteiger partial charge in [0, 0.05) is 38.2 Å². The molecule has 250 valence electrons. The van der Waals surface area contributed by atoms with Gasteiger partial charge in [0.25, 0.3) is 0 Å². The van der Waals surface area contributed by atoms with Crippen LogP contribution >= 0.6 is 0 Å². The van der Waals surface area contributed by atoms with Crippen LogP contribution in [0.25, 0.3) is 0 Å². The van der Waals surface area contributed by atoms with Gasteiger partial charge in [0.05, 0.1) is 6.33 Å². The van der Waals surface area contributed by atoms with Gasteiger partial charge >= 0.3 is 5.97 Å². The molecule has 11 nitrogen and oxygen atoms in total. The lowest BCUT2D eigenvalue weighted by atomic mass is 9.90. The van der Waals surface area contributed by atoms with Crippen LogP contribution in [-0.2, 0) is 39.1 Å². The van der Waals surface area contributed by atoms with Crippen molar-refractivity contribution in [1.29, 1.82) is 0 Å². The van der Waals surface area contributed by atoms with Gasteiger partial charge in [0.2, 0.25) is 18.2 Å². The third-order valence-electron chi connectivity index (χ3n) is 6.36. The fourth-order valence-corrected chi connectivity index (χ4v) is 3.82. The fourth-order valence-electron chi connectivity index (χ4n) is 3.82. The molecule has 1 heterocycles. The first-order valence-electron chi connectivity index (χ1n) is 15.4. The Hall–Kier alpha value is -3.89. The number of aryl methyl sites for hydroxylation is 2. The number of carboxylic acids is 1. The number of nitrogens with one attached hydrogen (secondary N) is 1. The molecule has 0 aliphatic heterocycles. The molecule has 0 radical (unpaired) electrons. The number of unbranched alkanes of at least 4 members (excludes halogenated alkanes) is 5. The van der Waals surface area contributed by atoms with Crippen molar-refractivity contribution in [2.75, 3.05) is 0 Å². The summed E-state index contributed by atoms with van der Waals surface area (Å²) in [5, 5.41) is 20.2. The zero-order valence-corrected chi connectivity index (χ0v) is 27.7. The number of phenolic OH excluding ortho intramolecular Hbond substituents is 1. The second-order valence-corrected chi connectivity index (χ2v) is 11.7. The summed E-state index contributed by atoms with van der Waals surface area (Å²) in [6, 6.07) is 5.88. The Morgan fingerprint density at radius 1 is 1.00 bits per heavy atom. The van der Waals surface area contributed by atoms with Crippen molar-refractivity contribution in [2.45, 2.75) is 118 Å². The number of amides is 3. The predicted octanol–water partition coefficient (Wildman–Crippen LogP) is 5.03. The molecule has 0 bridgehead atoms. The van der Waals surface area contributed by atoms with Gasteiger partial charge in [-0.15, -0.1) is 0 Å². The first kappa shape index (κ1) is 42.2. The van der Waals surface area contributed by atoms with Crippen LogP contribution < -0.4 is 16.8 Å². The second kappa shape index (κ2) is 25.6. The molecule has 2 aromatic rings. The van der Waals surface area contributed by atoms with Crippen molar-refractivity contribution in [3.8, 4) is 5.75 Å². The number of benzene rings is 1. The van der Waals surface area contributed by atoms with Gasteiger partial charge in [-0.2, -0.15) is 0 Å². The van der Waals surface area contributed by atoms with E-state index in [1.165, 1.54) is 38.5 Å². The van der Waals surface area contributed by atoms with Crippen molar-refractivity contribution in [3.05, 3.63) is 48.0 Å². The number of hydrogen-bond donors (Lipinski definition) is 5. The summed E-state index contributed by atoms with van der Waals surface area (Å²) >= 11 is 0. The zero-order chi connectivity index (χ0) is 34.0. The number of carboxylic acid groups (broad SMARTS) is 1. The van der Waals surface area contributed by atoms with Crippen LogP contribution in [0.5, 0.6) is 5.75 Å². The number of aliphatic carboxylic acids is 1. The maximum Gasteiger partial charge on any atom is 0.303 e. The van der Waals surface area contributed by atoms with Crippen LogP contribution in [0.1, 0.15) is 110 Å². The molecule has 7 N–H and O–H groups in total. The zero-order valence-electron chi connectivity index (χ0n) is 27.7. The highest BCUT2D eigenvalue weighted by molar-refractivity contribution is 5.86. The molecular weight excluding hydrogens is 562 g/mol. The third-order valence-corrected chi connectivity index (χ3v) is 6.36. The number of carbonyl (C=O) groups is 4. The van der Waals surface area contributed by atoms with Crippen LogP contribution in [0.2, 0.25) is 0 Å². The fraction of sp³-hybridized carbons (Fsp3) is 0.606. The van der Waals surface area contributed by atoms with Crippen molar-refractivity contribution in [1.82, 2.24) is 14.9 Å². The van der Waals surface area contributed by atoms with Crippen LogP contribution in [0.3, 0.4) is 0 Å². The summed E-state index contributed by atoms with van der Waals surface area (Å²) in [6.07, 6.45) is 15.1. The Bertz CT molecular complexity index is 1040. The maximum absolute atomic E-state index is 12.0. The summed E-state index contributed by atoms with van der Waals surface area (Å²) in [4.78, 5) is 46.2. The molecule has 0 saturated heterocycles. The number of phenols is 1. The molecule has 0 aliphatic rings. The smallest absolute Gasteiger partial charge is 0.303 e. The SMILES string of the molecule is CC(C)(C)CCCC(=O)O.CCCCCCCC.Cn1cncc1CC(NC(=O)CCc1ccc(O)cc1)C(N)=O.NC=O. The first-order valence-corrected chi connectivity index (χ1v) is 15.4. The number of carbonyl (C=O) groups excluding carboxylic acids is 3. The Kier molecular flexibility index (Phi) is 24.6. The molecular formula is C33H57N5O6. The molecule has 0 spiro atoms. The Morgan fingerprint density at radius 2 is 1.55 bits per heavy atom. The first-order chi connectivity index (χ1) is 20.7. The normalized spacial score (nSPS) is 10.9. The van der Waals surface area contributed by atoms with Crippen molar-refractivity contribution in [3.63, 3.8) is 0 Å². The number of aromatic hydroxyl groups is 1. The Labute approximate surface area is 263 Å². The molecule has 1 aromatic carbocycles. The maximum atomic E-state index is 12.0. The van der Waals surface area contributed by atoms with Gasteiger partial charge in [-0.05, 0) is 42.4 Å². The molecule has 1 aromatic heterocycles. The van der Waals surface area contributed by atoms with Crippen LogP contribution in [-0.4, -0.2) is 50.0 Å². The average molecular weight is 620 g/mol. The summed E-state index contributed by atoms with van der Waals surface area (Å²) in [6.45, 7) is 10.9. The second-order valence-electron chi connectivity index (χ2n) is 11.7. The van der Waals surface area contributed by atoms with Gasteiger partial charge in [0.15, 0.2) is 0 Å². The number of aromatic nitrogens is 2. The van der Waals surface area contributed by atoms with Crippen LogP contribution in [0, 0.1) is 5.41 Å². The van der Waals surface area contributed by atoms with E-state index in [4.69, 9.17) is 15.6 Å². The number of rotatable bonds is 15. The average Bonchev–Trinajstić information content (AvgIpc) is 3.34. The van der Waals surface area contributed by atoms with E-state index in [2.05, 4.69) is 50.7 Å². The highest BCUT2D eigenvalue weighted by Crippen LogP contribution is 2.21. The quantitative estimate of drug-likeness (QED) is 0.136. The van der Waals surface area contributed by atoms with E-state index in [1.54, 1.807) is 41.4 Å². The Balaban J connectivity index is 0. The molecule has 44 heavy (non-hydrogen) atoms. The van der Waals surface area contributed by atoms with E-state index in [0.29, 0.717) is 19.3 Å². The molecule has 3 amide bonds. The lowest BCUT2D eigenvalue weighted by Crippen LogP contribution is -2.46. The van der Waals surface area contributed by atoms with Gasteiger partial charge in [-0.25, -0.2) is 4.98 Å². The standard InChI is InChI=1S/C16H20N4O3.C8H16O2.C8H18.CH3NO/c1-20-10-18-9-12(20)8-14(16(17)23)19-15(22)7-4-11-2-5-13(21)6-3-11;1-8(2,3)6-4-5-7(9)10;1-3-5-7-8-6-4-2;2-1-3/h2-3,5-6,9-10,14,21H,4,7-8H2,1H3,(H2,17,23)(H,19,22);4-6H2,1-3H3,(H,9,10);3-8H2,1-2H3;1H,(H2,2,3). The van der Waals surface area contributed by atoms with E-state index in [0.717, 1.165) is 24.1 Å². The van der Waals surface area contributed by atoms with E-state index in [-0.39, 0.29) is 29.9 Å². The summed E-state index contributed by atoms with van der Waals surface area (Å²) in [5.74, 6) is -1.33. The lowest BCUT2D eigenvalue weighted by molar-refractivity contribution is -0.137. The molecule has 0 saturated carbocycles. The molecule has 0 aliphatic carbocycles. The van der Waals surface area contributed by atoms with Crippen molar-refractivity contribution >= 4 is 24.2 Å². The van der Waals surface area contributed by atoms with Crippen LogP contribution in [0.4, 0.5) is 0 Å². The molecule has 11 heteroatoms. The summed E-state index contributed by atoms with van der Waals surface area (Å²) < 4.78 is 1.78. The Morgan fingerprint density at radius 3 is 1.95 bits per heavy atom. The van der Waals surface area contributed by atoms with Gasteiger partial charge in [-0.1, -0.05) is 85.3 Å². The van der Waals surface area contributed by atoms with Crippen molar-refractivity contribution in [2.24, 2.45) is 23.9 Å². The monoisotopic (exact) mass is 619 g/mol. The summed E-state index contributed by atoms with van der Waals surface area (Å²) in [7, 11) is 1.81. The topological polar surface area (TPSA) is 191 Å². The molecule has 1 atom stereocenters. The van der Waals surface area contributed by atoms with E-state index in [1.807, 2.05) is 7.05 Å². The van der Waals surface area contributed by atoms with Crippen LogP contribution in [0.15, 0.2) is 36.8 Å². The number of nitrogens with two attached hydrogens (primary N) is 2. The summed E-state index contributed by atoms with van der Waals surface area (Å²) in [5.41, 5.74) is 11.5. The molecule has 1 unspecified atom stereocenters. The highest BCUT2D eigenvalue weighted by Gasteiger charge is 2.20. The van der Waals surface area contributed by atoms with Gasteiger partial charge in [0.1, 0.15) is 11.8 Å². The number of nitrogens with zero attached hydrogens (tertiary/aromatic N) is 2.